The molecule has 0 aliphatic heterocycles. The number of ether oxygens (including phenoxy) is 1. The van der Waals surface area contributed by atoms with Crippen LogP contribution in [0.15, 0.2) is 23.5 Å². The summed E-state index contributed by atoms with van der Waals surface area (Å²) in [6.45, 7) is 7.62. The topological polar surface area (TPSA) is 9.23 Å². The van der Waals surface area contributed by atoms with Gasteiger partial charge in [0.05, 0.1) is 12.9 Å². The van der Waals surface area contributed by atoms with Crippen molar-refractivity contribution >= 4 is 0 Å². The van der Waals surface area contributed by atoms with E-state index in [1.165, 1.54) is 50.7 Å². The van der Waals surface area contributed by atoms with Crippen molar-refractivity contribution < 1.29 is 4.74 Å². The van der Waals surface area contributed by atoms with Crippen molar-refractivity contribution in [2.24, 2.45) is 34.5 Å². The second kappa shape index (κ2) is 5.39. The fourth-order valence-corrected chi connectivity index (χ4v) is 7.24. The van der Waals surface area contributed by atoms with Gasteiger partial charge in [-0.2, -0.15) is 0 Å². The highest BCUT2D eigenvalue weighted by atomic mass is 16.5. The summed E-state index contributed by atoms with van der Waals surface area (Å²) in [5.74, 6) is 5.01. The predicted octanol–water partition coefficient (Wildman–Crippen LogP) is 6.12. The molecule has 0 N–H and O–H groups in total. The van der Waals surface area contributed by atoms with E-state index in [-0.39, 0.29) is 0 Å². The monoisotopic (exact) mass is 314 g/mol. The molecule has 4 rings (SSSR count). The maximum Gasteiger partial charge on any atom is 0.0958 e. The van der Waals surface area contributed by atoms with Crippen molar-refractivity contribution in [3.05, 3.63) is 23.5 Å². The summed E-state index contributed by atoms with van der Waals surface area (Å²) in [5.41, 5.74) is 2.65. The predicted molar refractivity (Wildman–Crippen MR) is 96.0 cm³/mol. The Morgan fingerprint density at radius 3 is 2.70 bits per heavy atom. The van der Waals surface area contributed by atoms with Crippen LogP contribution in [-0.4, -0.2) is 7.11 Å². The van der Waals surface area contributed by atoms with Gasteiger partial charge in [0, 0.05) is 6.42 Å². The van der Waals surface area contributed by atoms with Crippen LogP contribution in [0, 0.1) is 34.5 Å². The Hall–Kier alpha value is -0.720. The van der Waals surface area contributed by atoms with E-state index in [2.05, 4.69) is 32.9 Å². The molecule has 0 aromatic heterocycles. The molecule has 23 heavy (non-hydrogen) atoms. The molecule has 0 bridgehead atoms. The van der Waals surface area contributed by atoms with Crippen molar-refractivity contribution in [1.82, 2.24) is 0 Å². The van der Waals surface area contributed by atoms with E-state index >= 15 is 0 Å². The van der Waals surface area contributed by atoms with Gasteiger partial charge in [-0.05, 0) is 84.7 Å². The Bertz CT molecular complexity index is 544. The van der Waals surface area contributed by atoms with E-state index in [1.807, 2.05) is 7.11 Å². The zero-order valence-electron chi connectivity index (χ0n) is 15.5. The molecular weight excluding hydrogens is 280 g/mol. The lowest BCUT2D eigenvalue weighted by atomic mass is 9.48. The third-order valence-electron chi connectivity index (χ3n) is 8.68. The van der Waals surface area contributed by atoms with Crippen LogP contribution in [0.5, 0.6) is 0 Å². The molecule has 6 atom stereocenters. The van der Waals surface area contributed by atoms with Crippen LogP contribution in [0.4, 0.5) is 0 Å². The van der Waals surface area contributed by atoms with Crippen molar-refractivity contribution in [3.63, 3.8) is 0 Å². The molecule has 128 valence electrons. The number of allylic oxidation sites excluding steroid dienone is 4. The quantitative estimate of drug-likeness (QED) is 0.597. The largest absolute Gasteiger partial charge is 0.501 e. The van der Waals surface area contributed by atoms with Gasteiger partial charge in [0.15, 0.2) is 0 Å². The Balaban J connectivity index is 1.67. The highest BCUT2D eigenvalue weighted by Crippen LogP contribution is 2.66. The molecule has 2 saturated carbocycles. The van der Waals surface area contributed by atoms with Crippen LogP contribution in [-0.2, 0) is 4.74 Å². The van der Waals surface area contributed by atoms with Gasteiger partial charge in [0.25, 0.3) is 0 Å². The fraction of sp³-hybridized carbons (Fsp3) is 0.818. The summed E-state index contributed by atoms with van der Waals surface area (Å²) in [6.07, 6.45) is 16.0. The minimum absolute atomic E-state index is 0.413. The molecule has 0 amide bonds. The van der Waals surface area contributed by atoms with Crippen LogP contribution in [0.2, 0.25) is 0 Å². The molecule has 2 fully saturated rings. The first-order chi connectivity index (χ1) is 11.0. The molecular formula is C22H34O. The third kappa shape index (κ3) is 2.11. The molecule has 6 unspecified atom stereocenters. The van der Waals surface area contributed by atoms with Gasteiger partial charge in [-0.1, -0.05) is 33.3 Å². The Labute approximate surface area is 142 Å². The smallest absolute Gasteiger partial charge is 0.0958 e. The van der Waals surface area contributed by atoms with Gasteiger partial charge < -0.3 is 4.74 Å². The number of hydrogen-bond donors (Lipinski definition) is 0. The molecule has 0 heterocycles. The molecule has 0 aromatic carbocycles. The van der Waals surface area contributed by atoms with Crippen molar-refractivity contribution in [2.45, 2.75) is 72.1 Å². The minimum atomic E-state index is 0.413. The first-order valence-corrected chi connectivity index (χ1v) is 9.98. The second-order valence-corrected chi connectivity index (χ2v) is 9.23. The Kier molecular flexibility index (Phi) is 3.70. The summed E-state index contributed by atoms with van der Waals surface area (Å²) in [6, 6.07) is 0. The fourth-order valence-electron chi connectivity index (χ4n) is 7.24. The molecule has 1 heteroatoms. The van der Waals surface area contributed by atoms with Gasteiger partial charge in [-0.25, -0.2) is 0 Å². The summed E-state index contributed by atoms with van der Waals surface area (Å²) in [4.78, 5) is 0. The maximum absolute atomic E-state index is 5.56. The number of rotatable bonds is 2. The van der Waals surface area contributed by atoms with E-state index in [1.54, 1.807) is 5.57 Å². The van der Waals surface area contributed by atoms with E-state index in [9.17, 15) is 0 Å². The van der Waals surface area contributed by atoms with Crippen LogP contribution in [0.1, 0.15) is 72.1 Å². The molecule has 4 aliphatic carbocycles. The van der Waals surface area contributed by atoms with Crippen molar-refractivity contribution in [2.75, 3.05) is 7.11 Å². The average molecular weight is 315 g/mol. The van der Waals surface area contributed by atoms with Crippen LogP contribution in [0.3, 0.4) is 0 Å². The first-order valence-electron chi connectivity index (χ1n) is 9.98. The Morgan fingerprint density at radius 1 is 1.13 bits per heavy atom. The van der Waals surface area contributed by atoms with Gasteiger partial charge in [0.1, 0.15) is 0 Å². The van der Waals surface area contributed by atoms with Gasteiger partial charge in [0.2, 0.25) is 0 Å². The van der Waals surface area contributed by atoms with E-state index in [0.717, 1.165) is 30.1 Å². The Morgan fingerprint density at radius 2 is 1.96 bits per heavy atom. The summed E-state index contributed by atoms with van der Waals surface area (Å²) >= 11 is 0. The van der Waals surface area contributed by atoms with E-state index < -0.39 is 0 Å². The normalized spacial score (nSPS) is 48.7. The highest BCUT2D eigenvalue weighted by Gasteiger charge is 2.57. The van der Waals surface area contributed by atoms with Gasteiger partial charge in [-0.15, -0.1) is 0 Å². The summed E-state index contributed by atoms with van der Waals surface area (Å²) in [5, 5.41) is 0. The first kappa shape index (κ1) is 15.8. The molecule has 0 spiro atoms. The number of hydrogen-bond acceptors (Lipinski definition) is 1. The van der Waals surface area contributed by atoms with Crippen LogP contribution < -0.4 is 0 Å². The summed E-state index contributed by atoms with van der Waals surface area (Å²) in [7, 11) is 1.83. The molecule has 0 radical (unpaired) electrons. The standard InChI is InChI=1S/C22H34O/c1-5-15-7-9-19-18-8-6-16-14-17(23-4)10-12-22(16,3)20(18)11-13-21(15,19)2/h6,14-15,18-20H,5,7-13H2,1-4H3. The molecule has 4 aliphatic rings. The lowest BCUT2D eigenvalue weighted by Gasteiger charge is -2.57. The average Bonchev–Trinajstić information content (AvgIpc) is 2.90. The van der Waals surface area contributed by atoms with Crippen molar-refractivity contribution in [1.29, 1.82) is 0 Å². The van der Waals surface area contributed by atoms with Gasteiger partial charge in [-0.3, -0.25) is 0 Å². The van der Waals surface area contributed by atoms with E-state index in [0.29, 0.717) is 10.8 Å². The number of fused-ring (bicyclic) bond motifs is 5. The third-order valence-corrected chi connectivity index (χ3v) is 8.68. The number of methoxy groups -OCH3 is 1. The van der Waals surface area contributed by atoms with Gasteiger partial charge >= 0.3 is 0 Å². The highest BCUT2D eigenvalue weighted by molar-refractivity contribution is 5.35. The molecule has 1 nitrogen and oxygen atoms in total. The van der Waals surface area contributed by atoms with Crippen LogP contribution >= 0.6 is 0 Å². The second-order valence-electron chi connectivity index (χ2n) is 9.23. The lowest BCUT2D eigenvalue weighted by Crippen LogP contribution is -2.49. The minimum Gasteiger partial charge on any atom is -0.501 e. The summed E-state index contributed by atoms with van der Waals surface area (Å²) < 4.78 is 5.56. The zero-order valence-corrected chi connectivity index (χ0v) is 15.5. The lowest BCUT2D eigenvalue weighted by molar-refractivity contribution is -0.0376. The van der Waals surface area contributed by atoms with E-state index in [4.69, 9.17) is 4.74 Å². The maximum atomic E-state index is 5.56. The molecule has 0 aromatic rings. The van der Waals surface area contributed by atoms with Crippen LogP contribution in [0.25, 0.3) is 0 Å². The zero-order chi connectivity index (χ0) is 16.2. The van der Waals surface area contributed by atoms with Crippen molar-refractivity contribution in [3.8, 4) is 0 Å². The SMILES string of the molecule is CCC1CCC2C3CC=C4C=C(OC)CCC4(C)C3CCC12C. The molecule has 0 saturated heterocycles.